The van der Waals surface area contributed by atoms with Crippen molar-refractivity contribution in [2.75, 3.05) is 13.2 Å². The minimum Gasteiger partial charge on any atom is -0.492 e. The third-order valence-corrected chi connectivity index (χ3v) is 4.16. The minimum absolute atomic E-state index is 0.0299. The third-order valence-electron chi connectivity index (χ3n) is 3.93. The molecule has 120 valence electrons. The number of hydrogen-bond acceptors (Lipinski definition) is 2. The van der Waals surface area contributed by atoms with E-state index in [1.807, 2.05) is 12.1 Å². The number of carbonyl (C=O) groups is 1. The molecule has 0 aliphatic carbocycles. The molecule has 1 aliphatic heterocycles. The molecule has 1 atom stereocenters. The lowest BCUT2D eigenvalue weighted by Gasteiger charge is -2.24. The molecule has 23 heavy (non-hydrogen) atoms. The van der Waals surface area contributed by atoms with Crippen LogP contribution in [0.15, 0.2) is 42.5 Å². The summed E-state index contributed by atoms with van der Waals surface area (Å²) in [5, 5.41) is 3.56. The van der Waals surface area contributed by atoms with Crippen LogP contribution in [0.1, 0.15) is 11.1 Å². The van der Waals surface area contributed by atoms with Crippen molar-refractivity contribution in [3.8, 4) is 5.75 Å². The third kappa shape index (κ3) is 4.02. The lowest BCUT2D eigenvalue weighted by atomic mass is 9.96. The highest BCUT2D eigenvalue weighted by Crippen LogP contribution is 2.29. The Morgan fingerprint density at radius 1 is 1.26 bits per heavy atom. The van der Waals surface area contributed by atoms with Crippen molar-refractivity contribution in [3.05, 3.63) is 64.4 Å². The molecule has 3 rings (SSSR count). The van der Waals surface area contributed by atoms with Crippen molar-refractivity contribution in [1.82, 2.24) is 5.32 Å². The van der Waals surface area contributed by atoms with E-state index < -0.39 is 0 Å². The van der Waals surface area contributed by atoms with Crippen molar-refractivity contribution >= 4 is 17.5 Å². The first-order valence-electron chi connectivity index (χ1n) is 7.55. The molecule has 2 aromatic rings. The highest BCUT2D eigenvalue weighted by molar-refractivity contribution is 6.30. The highest BCUT2D eigenvalue weighted by atomic mass is 35.5. The number of rotatable bonds is 4. The van der Waals surface area contributed by atoms with Crippen molar-refractivity contribution in [2.24, 2.45) is 5.92 Å². The van der Waals surface area contributed by atoms with Crippen LogP contribution < -0.4 is 10.1 Å². The van der Waals surface area contributed by atoms with E-state index >= 15 is 0 Å². The fraction of sp³-hybridized carbons (Fsp3) is 0.278. The molecule has 1 heterocycles. The molecular formula is C18H17ClFNO2. The minimum atomic E-state index is -0.255. The molecule has 2 aromatic carbocycles. The van der Waals surface area contributed by atoms with Crippen LogP contribution in [0.25, 0.3) is 0 Å². The Morgan fingerprint density at radius 3 is 2.83 bits per heavy atom. The van der Waals surface area contributed by atoms with Crippen molar-refractivity contribution < 1.29 is 13.9 Å². The highest BCUT2D eigenvalue weighted by Gasteiger charge is 2.25. The summed E-state index contributed by atoms with van der Waals surface area (Å²) in [6.07, 6.45) is 1.29. The monoisotopic (exact) mass is 333 g/mol. The summed E-state index contributed by atoms with van der Waals surface area (Å²) >= 11 is 5.98. The maximum absolute atomic E-state index is 12.8. The zero-order valence-corrected chi connectivity index (χ0v) is 13.3. The molecule has 0 saturated heterocycles. The van der Waals surface area contributed by atoms with Gasteiger partial charge in [0.2, 0.25) is 5.91 Å². The summed E-state index contributed by atoms with van der Waals surface area (Å²) in [4.78, 5) is 12.3. The second-order valence-electron chi connectivity index (χ2n) is 5.63. The number of halogens is 2. The van der Waals surface area contributed by atoms with Gasteiger partial charge in [0, 0.05) is 11.6 Å². The topological polar surface area (TPSA) is 38.3 Å². The lowest BCUT2D eigenvalue weighted by molar-refractivity contribution is -0.126. The molecule has 0 aromatic heterocycles. The van der Waals surface area contributed by atoms with Gasteiger partial charge >= 0.3 is 0 Å². The number of benzene rings is 2. The van der Waals surface area contributed by atoms with Crippen LogP contribution in [-0.2, 0) is 17.6 Å². The number of ether oxygens (including phenoxy) is 1. The van der Waals surface area contributed by atoms with Crippen LogP contribution in [0.3, 0.4) is 0 Å². The lowest BCUT2D eigenvalue weighted by Crippen LogP contribution is -2.38. The van der Waals surface area contributed by atoms with E-state index in [4.69, 9.17) is 16.3 Å². The van der Waals surface area contributed by atoms with Crippen LogP contribution in [0.2, 0.25) is 5.02 Å². The van der Waals surface area contributed by atoms with Crippen LogP contribution in [0, 0.1) is 11.7 Å². The quantitative estimate of drug-likeness (QED) is 0.931. The smallest absolute Gasteiger partial charge is 0.226 e. The number of fused-ring (bicyclic) bond motifs is 1. The van der Waals surface area contributed by atoms with Crippen LogP contribution in [0.5, 0.6) is 5.75 Å². The van der Waals surface area contributed by atoms with E-state index in [1.54, 1.807) is 18.2 Å². The predicted octanol–water partition coefficient (Wildman–Crippen LogP) is 3.39. The zero-order chi connectivity index (χ0) is 16.2. The van der Waals surface area contributed by atoms with Gasteiger partial charge in [0.25, 0.3) is 0 Å². The van der Waals surface area contributed by atoms with Crippen LogP contribution in [-0.4, -0.2) is 19.1 Å². The summed E-state index contributed by atoms with van der Waals surface area (Å²) in [6, 6.07) is 11.8. The summed E-state index contributed by atoms with van der Waals surface area (Å²) in [5.41, 5.74) is 1.95. The second-order valence-corrected chi connectivity index (χ2v) is 6.07. The van der Waals surface area contributed by atoms with Crippen molar-refractivity contribution in [1.29, 1.82) is 0 Å². The molecule has 1 N–H and O–H groups in total. The molecular weight excluding hydrogens is 317 g/mol. The van der Waals surface area contributed by atoms with Crippen molar-refractivity contribution in [3.63, 3.8) is 0 Å². The zero-order valence-electron chi connectivity index (χ0n) is 12.5. The van der Waals surface area contributed by atoms with E-state index in [0.717, 1.165) is 16.9 Å². The molecule has 1 aliphatic rings. The summed E-state index contributed by atoms with van der Waals surface area (Å²) in [6.45, 7) is 0.889. The number of hydrogen-bond donors (Lipinski definition) is 1. The first-order chi connectivity index (χ1) is 11.1. The van der Waals surface area contributed by atoms with Gasteiger partial charge in [0.1, 0.15) is 18.2 Å². The first-order valence-corrected chi connectivity index (χ1v) is 7.93. The summed E-state index contributed by atoms with van der Waals surface area (Å²) < 4.78 is 18.5. The van der Waals surface area contributed by atoms with Gasteiger partial charge in [-0.25, -0.2) is 4.39 Å². The Morgan fingerprint density at radius 2 is 2.04 bits per heavy atom. The average molecular weight is 334 g/mol. The fourth-order valence-corrected chi connectivity index (χ4v) is 2.85. The van der Waals surface area contributed by atoms with E-state index in [0.29, 0.717) is 31.0 Å². The number of amides is 1. The Labute approximate surface area is 139 Å². The second kappa shape index (κ2) is 7.01. The molecule has 5 heteroatoms. The SMILES string of the molecule is O=C(NCCc1ccc(F)cc1)C1COc2ccc(Cl)cc2C1. The van der Waals surface area contributed by atoms with Gasteiger partial charge in [-0.1, -0.05) is 23.7 Å². The van der Waals surface area contributed by atoms with Gasteiger partial charge in [-0.2, -0.15) is 0 Å². The maximum atomic E-state index is 12.8. The van der Waals surface area contributed by atoms with Crippen molar-refractivity contribution in [2.45, 2.75) is 12.8 Å². The molecule has 1 amide bonds. The van der Waals surface area contributed by atoms with Gasteiger partial charge in [0.15, 0.2) is 0 Å². The van der Waals surface area contributed by atoms with Gasteiger partial charge in [0.05, 0.1) is 5.92 Å². The van der Waals surface area contributed by atoms with E-state index in [1.165, 1.54) is 12.1 Å². The predicted molar refractivity (Wildman–Crippen MR) is 87.3 cm³/mol. The first kappa shape index (κ1) is 15.8. The van der Waals surface area contributed by atoms with Gasteiger partial charge in [-0.05, 0) is 54.3 Å². The van der Waals surface area contributed by atoms with E-state index in [9.17, 15) is 9.18 Å². The number of nitrogens with one attached hydrogen (secondary N) is 1. The Bertz CT molecular complexity index is 703. The van der Waals surface area contributed by atoms with Crippen LogP contribution >= 0.6 is 11.6 Å². The summed E-state index contributed by atoms with van der Waals surface area (Å²) in [5.74, 6) is 0.297. The molecule has 3 nitrogen and oxygen atoms in total. The standard InChI is InChI=1S/C18H17ClFNO2/c19-15-3-6-17-13(10-15)9-14(11-23-17)18(22)21-8-7-12-1-4-16(20)5-2-12/h1-6,10,14H,7-9,11H2,(H,21,22). The fourth-order valence-electron chi connectivity index (χ4n) is 2.66. The Hall–Kier alpha value is -2.07. The Balaban J connectivity index is 1.52. The van der Waals surface area contributed by atoms with Gasteiger partial charge < -0.3 is 10.1 Å². The molecule has 0 saturated carbocycles. The average Bonchev–Trinajstić information content (AvgIpc) is 2.56. The molecule has 0 fully saturated rings. The molecule has 1 unspecified atom stereocenters. The normalized spacial score (nSPS) is 16.3. The van der Waals surface area contributed by atoms with E-state index in [-0.39, 0.29) is 17.6 Å². The summed E-state index contributed by atoms with van der Waals surface area (Å²) in [7, 11) is 0. The molecule has 0 bridgehead atoms. The van der Waals surface area contributed by atoms with E-state index in [2.05, 4.69) is 5.32 Å². The largest absolute Gasteiger partial charge is 0.492 e. The van der Waals surface area contributed by atoms with Gasteiger partial charge in [-0.15, -0.1) is 0 Å². The molecule has 0 radical (unpaired) electrons. The Kier molecular flexibility index (Phi) is 4.82. The van der Waals surface area contributed by atoms with Crippen LogP contribution in [0.4, 0.5) is 4.39 Å². The number of carbonyl (C=O) groups excluding carboxylic acids is 1. The van der Waals surface area contributed by atoms with Gasteiger partial charge in [-0.3, -0.25) is 4.79 Å². The molecule has 0 spiro atoms. The maximum Gasteiger partial charge on any atom is 0.226 e.